The van der Waals surface area contributed by atoms with Gasteiger partial charge in [-0.15, -0.1) is 0 Å². The van der Waals surface area contributed by atoms with Crippen molar-refractivity contribution in [3.8, 4) is 0 Å². The number of nitrogens with zero attached hydrogens (tertiary/aromatic N) is 2. The second-order valence-corrected chi connectivity index (χ2v) is 5.14. The van der Waals surface area contributed by atoms with Crippen molar-refractivity contribution in [2.45, 2.75) is 32.5 Å². The zero-order valence-electron chi connectivity index (χ0n) is 11.1. The molecule has 0 aliphatic carbocycles. The van der Waals surface area contributed by atoms with E-state index >= 15 is 0 Å². The van der Waals surface area contributed by atoms with Crippen LogP contribution >= 0.6 is 0 Å². The van der Waals surface area contributed by atoms with Crippen LogP contribution in [-0.4, -0.2) is 43.0 Å². The second-order valence-electron chi connectivity index (χ2n) is 5.14. The molecule has 0 saturated carbocycles. The summed E-state index contributed by atoms with van der Waals surface area (Å²) in [6.07, 6.45) is 1.26. The molecule has 1 unspecified atom stereocenters. The minimum absolute atomic E-state index is 0.487. The minimum Gasteiger partial charge on any atom is -0.465 e. The normalized spacial score (nSPS) is 21.6. The van der Waals surface area contributed by atoms with Crippen molar-refractivity contribution in [2.75, 3.05) is 27.2 Å². The van der Waals surface area contributed by atoms with Gasteiger partial charge in [0.05, 0.1) is 6.54 Å². The number of rotatable bonds is 4. The molecule has 1 aromatic heterocycles. The smallest absolute Gasteiger partial charge is 0.118 e. The van der Waals surface area contributed by atoms with Crippen molar-refractivity contribution in [3.05, 3.63) is 23.2 Å². The van der Waals surface area contributed by atoms with Gasteiger partial charge in [-0.25, -0.2) is 0 Å². The molecule has 1 aliphatic rings. The summed E-state index contributed by atoms with van der Waals surface area (Å²) in [5, 5.41) is 0. The quantitative estimate of drug-likeness (QED) is 0.854. The maximum absolute atomic E-state index is 5.59. The van der Waals surface area contributed by atoms with Gasteiger partial charge in [0, 0.05) is 31.2 Å². The van der Waals surface area contributed by atoms with Gasteiger partial charge in [-0.2, -0.15) is 0 Å². The van der Waals surface area contributed by atoms with E-state index in [1.807, 2.05) is 6.92 Å². The van der Waals surface area contributed by atoms with Crippen LogP contribution in [0.4, 0.5) is 0 Å². The Morgan fingerprint density at radius 2 is 2.29 bits per heavy atom. The maximum Gasteiger partial charge on any atom is 0.118 e. The van der Waals surface area contributed by atoms with E-state index in [4.69, 9.17) is 10.2 Å². The second kappa shape index (κ2) is 5.21. The largest absolute Gasteiger partial charge is 0.465 e. The molecule has 2 N–H and O–H groups in total. The molecule has 2 heterocycles. The molecule has 2 rings (SSSR count). The topological polar surface area (TPSA) is 45.6 Å². The summed E-state index contributed by atoms with van der Waals surface area (Å²) >= 11 is 0. The lowest BCUT2D eigenvalue weighted by Crippen LogP contribution is -2.31. The first-order chi connectivity index (χ1) is 8.10. The van der Waals surface area contributed by atoms with Gasteiger partial charge >= 0.3 is 0 Å². The first-order valence-electron chi connectivity index (χ1n) is 6.27. The molecule has 0 bridgehead atoms. The van der Waals surface area contributed by atoms with Gasteiger partial charge in [-0.3, -0.25) is 4.90 Å². The Hall–Kier alpha value is -0.840. The van der Waals surface area contributed by atoms with E-state index in [2.05, 4.69) is 30.0 Å². The lowest BCUT2D eigenvalue weighted by Gasteiger charge is -2.20. The van der Waals surface area contributed by atoms with Gasteiger partial charge in [0.25, 0.3) is 0 Å². The molecule has 17 heavy (non-hydrogen) atoms. The summed E-state index contributed by atoms with van der Waals surface area (Å²) in [7, 11) is 4.31. The molecule has 0 amide bonds. The molecular formula is C13H23N3O. The van der Waals surface area contributed by atoms with Gasteiger partial charge in [0.15, 0.2) is 0 Å². The molecule has 1 aliphatic heterocycles. The Morgan fingerprint density at radius 3 is 2.82 bits per heavy atom. The highest BCUT2D eigenvalue weighted by atomic mass is 16.3. The zero-order chi connectivity index (χ0) is 12.4. The van der Waals surface area contributed by atoms with Crippen molar-refractivity contribution in [2.24, 2.45) is 5.73 Å². The Bertz CT molecular complexity index is 373. The summed E-state index contributed by atoms with van der Waals surface area (Å²) < 4.78 is 5.59. The van der Waals surface area contributed by atoms with E-state index in [9.17, 15) is 0 Å². The van der Waals surface area contributed by atoms with Gasteiger partial charge < -0.3 is 15.1 Å². The van der Waals surface area contributed by atoms with Crippen molar-refractivity contribution >= 4 is 0 Å². The van der Waals surface area contributed by atoms with E-state index in [0.717, 1.165) is 24.6 Å². The number of aryl methyl sites for hydroxylation is 1. The zero-order valence-corrected chi connectivity index (χ0v) is 11.1. The van der Waals surface area contributed by atoms with Gasteiger partial charge in [0.2, 0.25) is 0 Å². The first kappa shape index (κ1) is 12.6. The molecule has 4 nitrogen and oxygen atoms in total. The van der Waals surface area contributed by atoms with Crippen LogP contribution in [0, 0.1) is 6.92 Å². The number of likely N-dealkylation sites (tertiary alicyclic amines) is 1. The van der Waals surface area contributed by atoms with Crippen LogP contribution in [0.5, 0.6) is 0 Å². The fourth-order valence-corrected chi connectivity index (χ4v) is 2.46. The Kier molecular flexibility index (Phi) is 3.86. The number of hydrogen-bond acceptors (Lipinski definition) is 4. The highest BCUT2D eigenvalue weighted by Crippen LogP contribution is 2.20. The molecule has 1 fully saturated rings. The van der Waals surface area contributed by atoms with Crippen molar-refractivity contribution in [1.29, 1.82) is 0 Å². The standard InChI is InChI=1S/C13H23N3O/c1-10-11(6-13(7-14)17-10)8-16-5-4-12(9-16)15(2)3/h6,12H,4-5,7-9,14H2,1-3H3. The monoisotopic (exact) mass is 237 g/mol. The van der Waals surface area contributed by atoms with E-state index < -0.39 is 0 Å². The average molecular weight is 237 g/mol. The summed E-state index contributed by atoms with van der Waals surface area (Å²) in [4.78, 5) is 4.80. The minimum atomic E-state index is 0.487. The Labute approximate surface area is 103 Å². The first-order valence-corrected chi connectivity index (χ1v) is 6.27. The van der Waals surface area contributed by atoms with Gasteiger partial charge in [0.1, 0.15) is 11.5 Å². The average Bonchev–Trinajstić information content (AvgIpc) is 2.87. The predicted octanol–water partition coefficient (Wildman–Crippen LogP) is 1.18. The lowest BCUT2D eigenvalue weighted by molar-refractivity contribution is 0.264. The molecule has 1 saturated heterocycles. The summed E-state index contributed by atoms with van der Waals surface area (Å²) in [5.41, 5.74) is 6.87. The summed E-state index contributed by atoms with van der Waals surface area (Å²) in [5.74, 6) is 1.90. The third-order valence-corrected chi connectivity index (χ3v) is 3.64. The lowest BCUT2D eigenvalue weighted by atomic mass is 10.2. The van der Waals surface area contributed by atoms with Crippen LogP contribution < -0.4 is 5.73 Å². The molecule has 0 radical (unpaired) electrons. The molecule has 96 valence electrons. The molecule has 1 atom stereocenters. The number of furan rings is 1. The van der Waals surface area contributed by atoms with Crippen LogP contribution in [0.25, 0.3) is 0 Å². The van der Waals surface area contributed by atoms with E-state index in [-0.39, 0.29) is 0 Å². The van der Waals surface area contributed by atoms with Crippen LogP contribution in [0.1, 0.15) is 23.5 Å². The van der Waals surface area contributed by atoms with Gasteiger partial charge in [-0.05, 0) is 33.5 Å². The van der Waals surface area contributed by atoms with E-state index in [1.165, 1.54) is 18.5 Å². The Morgan fingerprint density at radius 1 is 1.53 bits per heavy atom. The van der Waals surface area contributed by atoms with Gasteiger partial charge in [-0.1, -0.05) is 0 Å². The van der Waals surface area contributed by atoms with E-state index in [0.29, 0.717) is 12.6 Å². The van der Waals surface area contributed by atoms with Crippen molar-refractivity contribution in [3.63, 3.8) is 0 Å². The SMILES string of the molecule is Cc1oc(CN)cc1CN1CCC(N(C)C)C1. The highest BCUT2D eigenvalue weighted by Gasteiger charge is 2.24. The Balaban J connectivity index is 1.95. The maximum atomic E-state index is 5.59. The molecule has 4 heteroatoms. The molecule has 0 spiro atoms. The number of hydrogen-bond donors (Lipinski definition) is 1. The summed E-state index contributed by atoms with van der Waals surface area (Å²) in [6, 6.07) is 2.79. The van der Waals surface area contributed by atoms with Crippen molar-refractivity contribution < 1.29 is 4.42 Å². The van der Waals surface area contributed by atoms with E-state index in [1.54, 1.807) is 0 Å². The van der Waals surface area contributed by atoms with Crippen molar-refractivity contribution in [1.82, 2.24) is 9.80 Å². The van der Waals surface area contributed by atoms with Crippen LogP contribution in [-0.2, 0) is 13.1 Å². The fraction of sp³-hybridized carbons (Fsp3) is 0.692. The predicted molar refractivity (Wildman–Crippen MR) is 68.7 cm³/mol. The highest BCUT2D eigenvalue weighted by molar-refractivity contribution is 5.20. The number of likely N-dealkylation sites (N-methyl/N-ethyl adjacent to an activating group) is 1. The molecule has 0 aromatic carbocycles. The molecular weight excluding hydrogens is 214 g/mol. The van der Waals surface area contributed by atoms with Crippen LogP contribution in [0.2, 0.25) is 0 Å². The van der Waals surface area contributed by atoms with Crippen LogP contribution in [0.3, 0.4) is 0 Å². The fourth-order valence-electron chi connectivity index (χ4n) is 2.46. The third-order valence-electron chi connectivity index (χ3n) is 3.64. The third kappa shape index (κ3) is 2.89. The van der Waals surface area contributed by atoms with Crippen LogP contribution in [0.15, 0.2) is 10.5 Å². The molecule has 1 aromatic rings. The summed E-state index contributed by atoms with van der Waals surface area (Å²) in [6.45, 7) is 5.82. The number of nitrogens with two attached hydrogens (primary N) is 1.